The molecule has 1 fully saturated rings. The topological polar surface area (TPSA) is 52.7 Å². The van der Waals surface area contributed by atoms with Gasteiger partial charge in [-0.25, -0.2) is 0 Å². The van der Waals surface area contributed by atoms with Crippen molar-refractivity contribution in [1.82, 2.24) is 15.1 Å². The van der Waals surface area contributed by atoms with Crippen LogP contribution in [0.15, 0.2) is 24.3 Å². The SMILES string of the molecule is Cc1cccc(CNC(=O)C2CC(=O)N(CCCN(C)C)C2)c1. The first kappa shape index (κ1) is 17.5. The molecule has 1 aromatic carbocycles. The lowest BCUT2D eigenvalue weighted by molar-refractivity contribution is -0.129. The number of rotatable bonds is 7. The number of carbonyl (C=O) groups is 2. The minimum Gasteiger partial charge on any atom is -0.352 e. The normalized spacial score (nSPS) is 17.8. The minimum absolute atomic E-state index is 0.0186. The highest BCUT2D eigenvalue weighted by Gasteiger charge is 2.33. The van der Waals surface area contributed by atoms with Crippen LogP contribution in [0.3, 0.4) is 0 Å². The van der Waals surface area contributed by atoms with Crippen LogP contribution in [-0.2, 0) is 16.1 Å². The van der Waals surface area contributed by atoms with E-state index < -0.39 is 0 Å². The number of nitrogens with zero attached hydrogens (tertiary/aromatic N) is 2. The lowest BCUT2D eigenvalue weighted by Crippen LogP contribution is -2.33. The quantitative estimate of drug-likeness (QED) is 0.827. The molecule has 1 aliphatic rings. The molecule has 2 amide bonds. The second-order valence-corrected chi connectivity index (χ2v) is 6.60. The minimum atomic E-state index is -0.216. The van der Waals surface area contributed by atoms with Gasteiger partial charge in [-0.15, -0.1) is 0 Å². The number of likely N-dealkylation sites (tertiary alicyclic amines) is 1. The van der Waals surface area contributed by atoms with E-state index in [9.17, 15) is 9.59 Å². The van der Waals surface area contributed by atoms with Crippen molar-refractivity contribution < 1.29 is 9.59 Å². The molecule has 0 aromatic heterocycles. The van der Waals surface area contributed by atoms with Gasteiger partial charge in [-0.1, -0.05) is 29.8 Å². The van der Waals surface area contributed by atoms with Crippen LogP contribution in [0.1, 0.15) is 24.0 Å². The summed E-state index contributed by atoms with van der Waals surface area (Å²) in [5.74, 6) is -0.138. The van der Waals surface area contributed by atoms with E-state index in [1.54, 1.807) is 0 Å². The smallest absolute Gasteiger partial charge is 0.225 e. The summed E-state index contributed by atoms with van der Waals surface area (Å²) >= 11 is 0. The van der Waals surface area contributed by atoms with Crippen LogP contribution in [0.5, 0.6) is 0 Å². The first-order chi connectivity index (χ1) is 11.0. The van der Waals surface area contributed by atoms with Crippen molar-refractivity contribution in [3.8, 4) is 0 Å². The van der Waals surface area contributed by atoms with Gasteiger partial charge < -0.3 is 15.1 Å². The molecule has 1 unspecified atom stereocenters. The van der Waals surface area contributed by atoms with Crippen molar-refractivity contribution >= 4 is 11.8 Å². The highest BCUT2D eigenvalue weighted by molar-refractivity contribution is 5.89. The van der Waals surface area contributed by atoms with E-state index in [0.717, 1.165) is 25.1 Å². The molecule has 0 radical (unpaired) electrons. The molecule has 5 nitrogen and oxygen atoms in total. The fraction of sp³-hybridized carbons (Fsp3) is 0.556. The van der Waals surface area contributed by atoms with Crippen LogP contribution in [-0.4, -0.2) is 55.3 Å². The molecule has 0 spiro atoms. The average molecular weight is 317 g/mol. The maximum Gasteiger partial charge on any atom is 0.225 e. The highest BCUT2D eigenvalue weighted by Crippen LogP contribution is 2.18. The predicted molar refractivity (Wildman–Crippen MR) is 90.9 cm³/mol. The molecule has 0 bridgehead atoms. The average Bonchev–Trinajstić information content (AvgIpc) is 2.86. The molecule has 5 heteroatoms. The summed E-state index contributed by atoms with van der Waals surface area (Å²) in [6.45, 7) is 4.79. The number of amides is 2. The number of benzene rings is 1. The molecule has 1 atom stereocenters. The number of aryl methyl sites for hydroxylation is 1. The Kier molecular flexibility index (Phi) is 6.16. The molecular weight excluding hydrogens is 290 g/mol. The Bertz CT molecular complexity index is 557. The number of hydrogen-bond acceptors (Lipinski definition) is 3. The molecule has 126 valence electrons. The molecule has 0 saturated carbocycles. The van der Waals surface area contributed by atoms with Crippen LogP contribution in [0.2, 0.25) is 0 Å². The zero-order valence-corrected chi connectivity index (χ0v) is 14.3. The van der Waals surface area contributed by atoms with Crippen molar-refractivity contribution in [1.29, 1.82) is 0 Å². The van der Waals surface area contributed by atoms with Crippen molar-refractivity contribution in [3.63, 3.8) is 0 Å². The van der Waals surface area contributed by atoms with Gasteiger partial charge in [-0.05, 0) is 39.5 Å². The van der Waals surface area contributed by atoms with Crippen LogP contribution in [0, 0.1) is 12.8 Å². The zero-order valence-electron chi connectivity index (χ0n) is 14.3. The van der Waals surface area contributed by atoms with E-state index in [4.69, 9.17) is 0 Å². The van der Waals surface area contributed by atoms with Gasteiger partial charge in [0.05, 0.1) is 5.92 Å². The third-order valence-electron chi connectivity index (χ3n) is 4.17. The highest BCUT2D eigenvalue weighted by atomic mass is 16.2. The summed E-state index contributed by atoms with van der Waals surface area (Å²) in [5.41, 5.74) is 2.27. The lowest BCUT2D eigenvalue weighted by Gasteiger charge is -2.18. The molecule has 1 saturated heterocycles. The van der Waals surface area contributed by atoms with E-state index >= 15 is 0 Å². The summed E-state index contributed by atoms with van der Waals surface area (Å²) in [6, 6.07) is 8.09. The van der Waals surface area contributed by atoms with E-state index in [0.29, 0.717) is 19.5 Å². The van der Waals surface area contributed by atoms with Gasteiger partial charge in [0.2, 0.25) is 11.8 Å². The first-order valence-corrected chi connectivity index (χ1v) is 8.21. The monoisotopic (exact) mass is 317 g/mol. The van der Waals surface area contributed by atoms with Gasteiger partial charge in [-0.2, -0.15) is 0 Å². The van der Waals surface area contributed by atoms with Gasteiger partial charge in [0, 0.05) is 26.1 Å². The van der Waals surface area contributed by atoms with E-state index in [1.807, 2.05) is 44.1 Å². The lowest BCUT2D eigenvalue weighted by atomic mass is 10.1. The molecule has 23 heavy (non-hydrogen) atoms. The summed E-state index contributed by atoms with van der Waals surface area (Å²) in [7, 11) is 4.04. The summed E-state index contributed by atoms with van der Waals surface area (Å²) in [4.78, 5) is 28.2. The summed E-state index contributed by atoms with van der Waals surface area (Å²) in [5, 5.41) is 2.96. The third-order valence-corrected chi connectivity index (χ3v) is 4.17. The fourth-order valence-electron chi connectivity index (χ4n) is 2.90. The van der Waals surface area contributed by atoms with Crippen molar-refractivity contribution in [2.24, 2.45) is 5.92 Å². The van der Waals surface area contributed by atoms with Crippen molar-refractivity contribution in [2.75, 3.05) is 33.7 Å². The Morgan fingerprint density at radius 2 is 2.17 bits per heavy atom. The second kappa shape index (κ2) is 8.11. The molecule has 1 aliphatic heterocycles. The van der Waals surface area contributed by atoms with E-state index in [-0.39, 0.29) is 17.7 Å². The largest absolute Gasteiger partial charge is 0.352 e. The Morgan fingerprint density at radius 1 is 1.39 bits per heavy atom. The van der Waals surface area contributed by atoms with Crippen LogP contribution < -0.4 is 5.32 Å². The summed E-state index contributed by atoms with van der Waals surface area (Å²) in [6.07, 6.45) is 1.28. The third kappa shape index (κ3) is 5.36. The Labute approximate surface area is 138 Å². The van der Waals surface area contributed by atoms with Gasteiger partial charge in [0.25, 0.3) is 0 Å². The van der Waals surface area contributed by atoms with Crippen LogP contribution in [0.25, 0.3) is 0 Å². The van der Waals surface area contributed by atoms with Gasteiger partial charge in [0.1, 0.15) is 0 Å². The number of hydrogen-bond donors (Lipinski definition) is 1. The Balaban J connectivity index is 1.78. The molecule has 0 aliphatic carbocycles. The standard InChI is InChI=1S/C18H27N3O2/c1-14-6-4-7-15(10-14)12-19-18(23)16-11-17(22)21(13-16)9-5-8-20(2)3/h4,6-7,10,16H,5,8-9,11-13H2,1-3H3,(H,19,23). The van der Waals surface area contributed by atoms with Gasteiger partial charge >= 0.3 is 0 Å². The molecule has 1 aromatic rings. The Morgan fingerprint density at radius 3 is 2.87 bits per heavy atom. The zero-order chi connectivity index (χ0) is 16.8. The summed E-state index contributed by atoms with van der Waals surface area (Å²) < 4.78 is 0. The predicted octanol–water partition coefficient (Wildman–Crippen LogP) is 1.41. The fourth-order valence-corrected chi connectivity index (χ4v) is 2.90. The Hall–Kier alpha value is -1.88. The van der Waals surface area contributed by atoms with E-state index in [2.05, 4.69) is 16.3 Å². The van der Waals surface area contributed by atoms with Crippen molar-refractivity contribution in [2.45, 2.75) is 26.3 Å². The maximum atomic E-state index is 12.3. The second-order valence-electron chi connectivity index (χ2n) is 6.60. The molecule has 1 heterocycles. The van der Waals surface area contributed by atoms with E-state index in [1.165, 1.54) is 5.56 Å². The number of carbonyl (C=O) groups excluding carboxylic acids is 2. The first-order valence-electron chi connectivity index (χ1n) is 8.21. The molecule has 2 rings (SSSR count). The number of nitrogens with one attached hydrogen (secondary N) is 1. The van der Waals surface area contributed by atoms with Crippen LogP contribution in [0.4, 0.5) is 0 Å². The maximum absolute atomic E-state index is 12.3. The molecular formula is C18H27N3O2. The van der Waals surface area contributed by atoms with Gasteiger partial charge in [-0.3, -0.25) is 9.59 Å². The molecule has 1 N–H and O–H groups in total. The van der Waals surface area contributed by atoms with Crippen LogP contribution >= 0.6 is 0 Å². The van der Waals surface area contributed by atoms with Crippen molar-refractivity contribution in [3.05, 3.63) is 35.4 Å². The van der Waals surface area contributed by atoms with Gasteiger partial charge in [0.15, 0.2) is 0 Å².